The zero-order valence-corrected chi connectivity index (χ0v) is 10.8. The lowest BCUT2D eigenvalue weighted by Gasteiger charge is -2.19. The average Bonchev–Trinajstić information content (AvgIpc) is 3.10. The maximum absolute atomic E-state index is 13.6. The van der Waals surface area contributed by atoms with Gasteiger partial charge in [0.1, 0.15) is 5.82 Å². The van der Waals surface area contributed by atoms with Crippen molar-refractivity contribution < 1.29 is 9.13 Å². The molecule has 0 amide bonds. The fourth-order valence-electron chi connectivity index (χ4n) is 2.80. The van der Waals surface area contributed by atoms with Gasteiger partial charge in [-0.3, -0.25) is 0 Å². The molecule has 98 valence electrons. The van der Waals surface area contributed by atoms with Crippen LogP contribution in [0.4, 0.5) is 4.39 Å². The molecule has 1 saturated heterocycles. The van der Waals surface area contributed by atoms with Crippen LogP contribution in [0, 0.1) is 18.7 Å². The quantitative estimate of drug-likeness (QED) is 0.886. The van der Waals surface area contributed by atoms with Crippen molar-refractivity contribution in [2.24, 2.45) is 5.92 Å². The molecule has 2 nitrogen and oxygen atoms in total. The van der Waals surface area contributed by atoms with Gasteiger partial charge in [0.15, 0.2) is 0 Å². The largest absolute Gasteiger partial charge is 0.376 e. The van der Waals surface area contributed by atoms with Crippen molar-refractivity contribution in [2.45, 2.75) is 44.9 Å². The topological polar surface area (TPSA) is 21.3 Å². The van der Waals surface area contributed by atoms with Crippen LogP contribution in [-0.2, 0) is 11.3 Å². The van der Waals surface area contributed by atoms with Gasteiger partial charge in [-0.2, -0.15) is 0 Å². The number of benzene rings is 1. The van der Waals surface area contributed by atoms with Gasteiger partial charge in [-0.25, -0.2) is 4.39 Å². The Balaban J connectivity index is 1.61. The SMILES string of the molecule is Cc1ccc(F)c(CNC2CCOC2C2CC2)c1. The molecule has 2 aliphatic rings. The van der Waals surface area contributed by atoms with Crippen LogP contribution in [0.25, 0.3) is 0 Å². The highest BCUT2D eigenvalue weighted by atomic mass is 19.1. The highest BCUT2D eigenvalue weighted by Crippen LogP contribution is 2.38. The zero-order chi connectivity index (χ0) is 12.5. The lowest BCUT2D eigenvalue weighted by atomic mass is 10.1. The predicted molar refractivity (Wildman–Crippen MR) is 68.8 cm³/mol. The van der Waals surface area contributed by atoms with E-state index in [4.69, 9.17) is 4.74 Å². The average molecular weight is 249 g/mol. The molecular weight excluding hydrogens is 229 g/mol. The van der Waals surface area contributed by atoms with Crippen LogP contribution in [0.15, 0.2) is 18.2 Å². The van der Waals surface area contributed by atoms with Crippen LogP contribution in [-0.4, -0.2) is 18.8 Å². The van der Waals surface area contributed by atoms with Crippen molar-refractivity contribution >= 4 is 0 Å². The van der Waals surface area contributed by atoms with E-state index in [0.717, 1.165) is 30.1 Å². The minimum absolute atomic E-state index is 0.116. The first kappa shape index (κ1) is 12.1. The lowest BCUT2D eigenvalue weighted by Crippen LogP contribution is -2.37. The molecule has 0 radical (unpaired) electrons. The number of ether oxygens (including phenoxy) is 1. The van der Waals surface area contributed by atoms with E-state index in [1.807, 2.05) is 19.1 Å². The molecular formula is C15H20FNO. The summed E-state index contributed by atoms with van der Waals surface area (Å²) in [5.41, 5.74) is 1.87. The third-order valence-electron chi connectivity index (χ3n) is 3.98. The van der Waals surface area contributed by atoms with E-state index in [-0.39, 0.29) is 5.82 Å². The zero-order valence-electron chi connectivity index (χ0n) is 10.8. The number of halogens is 1. The summed E-state index contributed by atoms with van der Waals surface area (Å²) in [5, 5.41) is 3.47. The summed E-state index contributed by atoms with van der Waals surface area (Å²) in [6, 6.07) is 5.68. The van der Waals surface area contributed by atoms with Crippen molar-refractivity contribution in [3.63, 3.8) is 0 Å². The molecule has 0 bridgehead atoms. The van der Waals surface area contributed by atoms with Crippen LogP contribution in [0.1, 0.15) is 30.4 Å². The van der Waals surface area contributed by atoms with Gasteiger partial charge in [-0.15, -0.1) is 0 Å². The molecule has 1 saturated carbocycles. The Morgan fingerprint density at radius 2 is 2.17 bits per heavy atom. The molecule has 1 aromatic carbocycles. The molecule has 0 spiro atoms. The molecule has 2 fully saturated rings. The third kappa shape index (κ3) is 2.57. The van der Waals surface area contributed by atoms with Gasteiger partial charge in [0.25, 0.3) is 0 Å². The van der Waals surface area contributed by atoms with E-state index < -0.39 is 0 Å². The second-order valence-electron chi connectivity index (χ2n) is 5.54. The van der Waals surface area contributed by atoms with Crippen LogP contribution in [0.5, 0.6) is 0 Å². The van der Waals surface area contributed by atoms with E-state index in [0.29, 0.717) is 18.7 Å². The summed E-state index contributed by atoms with van der Waals surface area (Å²) in [5.74, 6) is 0.627. The van der Waals surface area contributed by atoms with Crippen LogP contribution < -0.4 is 5.32 Å². The number of rotatable bonds is 4. The summed E-state index contributed by atoms with van der Waals surface area (Å²) < 4.78 is 19.4. The van der Waals surface area contributed by atoms with Crippen LogP contribution >= 0.6 is 0 Å². The van der Waals surface area contributed by atoms with Crippen molar-refractivity contribution in [2.75, 3.05) is 6.61 Å². The summed E-state index contributed by atoms with van der Waals surface area (Å²) >= 11 is 0. The van der Waals surface area contributed by atoms with Gasteiger partial charge in [0.2, 0.25) is 0 Å². The second kappa shape index (κ2) is 4.98. The molecule has 1 aliphatic heterocycles. The maximum Gasteiger partial charge on any atom is 0.127 e. The smallest absolute Gasteiger partial charge is 0.127 e. The van der Waals surface area contributed by atoms with Gasteiger partial charge in [0, 0.05) is 24.8 Å². The van der Waals surface area contributed by atoms with Crippen molar-refractivity contribution in [1.29, 1.82) is 0 Å². The fourth-order valence-corrected chi connectivity index (χ4v) is 2.80. The highest BCUT2D eigenvalue weighted by Gasteiger charge is 2.40. The second-order valence-corrected chi connectivity index (χ2v) is 5.54. The number of nitrogens with one attached hydrogen (secondary N) is 1. The first-order valence-electron chi connectivity index (χ1n) is 6.84. The third-order valence-corrected chi connectivity index (χ3v) is 3.98. The maximum atomic E-state index is 13.6. The normalized spacial score (nSPS) is 27.7. The Kier molecular flexibility index (Phi) is 3.35. The Labute approximate surface area is 108 Å². The monoisotopic (exact) mass is 249 g/mol. The van der Waals surface area contributed by atoms with Crippen molar-refractivity contribution in [1.82, 2.24) is 5.32 Å². The molecule has 1 N–H and O–H groups in total. The molecule has 3 heteroatoms. The van der Waals surface area contributed by atoms with E-state index in [2.05, 4.69) is 5.32 Å². The molecule has 2 atom stereocenters. The molecule has 3 rings (SSSR count). The van der Waals surface area contributed by atoms with E-state index in [1.54, 1.807) is 6.07 Å². The highest BCUT2D eigenvalue weighted by molar-refractivity contribution is 5.24. The van der Waals surface area contributed by atoms with E-state index in [1.165, 1.54) is 12.8 Å². The van der Waals surface area contributed by atoms with Gasteiger partial charge >= 0.3 is 0 Å². The Bertz CT molecular complexity index is 431. The first-order chi connectivity index (χ1) is 8.74. The lowest BCUT2D eigenvalue weighted by molar-refractivity contribution is 0.0808. The summed E-state index contributed by atoms with van der Waals surface area (Å²) in [7, 11) is 0. The van der Waals surface area contributed by atoms with Gasteiger partial charge in [-0.05, 0) is 38.2 Å². The minimum Gasteiger partial charge on any atom is -0.376 e. The number of hydrogen-bond donors (Lipinski definition) is 1. The summed E-state index contributed by atoms with van der Waals surface area (Å²) in [6.45, 7) is 3.44. The van der Waals surface area contributed by atoms with Gasteiger partial charge < -0.3 is 10.1 Å². The van der Waals surface area contributed by atoms with Gasteiger partial charge in [-0.1, -0.05) is 17.7 Å². The van der Waals surface area contributed by atoms with Gasteiger partial charge in [0.05, 0.1) is 6.10 Å². The Hall–Kier alpha value is -0.930. The van der Waals surface area contributed by atoms with Crippen molar-refractivity contribution in [3.8, 4) is 0 Å². The number of hydrogen-bond acceptors (Lipinski definition) is 2. The minimum atomic E-state index is -0.116. The predicted octanol–water partition coefficient (Wildman–Crippen LogP) is 2.79. The number of aryl methyl sites for hydroxylation is 1. The molecule has 0 aromatic heterocycles. The van der Waals surface area contributed by atoms with Crippen LogP contribution in [0.2, 0.25) is 0 Å². The van der Waals surface area contributed by atoms with Crippen molar-refractivity contribution in [3.05, 3.63) is 35.1 Å². The first-order valence-corrected chi connectivity index (χ1v) is 6.84. The summed E-state index contributed by atoms with van der Waals surface area (Å²) in [4.78, 5) is 0. The molecule has 1 aromatic rings. The molecule has 1 aliphatic carbocycles. The molecule has 1 heterocycles. The summed E-state index contributed by atoms with van der Waals surface area (Å²) in [6.07, 6.45) is 4.00. The van der Waals surface area contributed by atoms with Crippen LogP contribution in [0.3, 0.4) is 0 Å². The Morgan fingerprint density at radius 3 is 2.94 bits per heavy atom. The molecule has 18 heavy (non-hydrogen) atoms. The van der Waals surface area contributed by atoms with E-state index in [9.17, 15) is 4.39 Å². The fraction of sp³-hybridized carbons (Fsp3) is 0.600. The van der Waals surface area contributed by atoms with E-state index >= 15 is 0 Å². The molecule has 2 unspecified atom stereocenters. The standard InChI is InChI=1S/C15H20FNO/c1-10-2-5-13(16)12(8-10)9-17-14-6-7-18-15(14)11-3-4-11/h2,5,8,11,14-15,17H,3-4,6-7,9H2,1H3. The Morgan fingerprint density at radius 1 is 1.33 bits per heavy atom.